The Balaban J connectivity index is 2.70. The smallest absolute Gasteiger partial charge is 0.124 e. The molecule has 0 amide bonds. The van der Waals surface area contributed by atoms with Crippen LogP contribution in [0, 0.1) is 11.2 Å². The van der Waals surface area contributed by atoms with Crippen molar-refractivity contribution in [3.63, 3.8) is 0 Å². The Labute approximate surface area is 105 Å². The molecular formula is C13H19BrFN. The Morgan fingerprint density at radius 3 is 2.50 bits per heavy atom. The van der Waals surface area contributed by atoms with Crippen LogP contribution in [0.5, 0.6) is 0 Å². The molecule has 1 rings (SSSR count). The van der Waals surface area contributed by atoms with Crippen LogP contribution in [-0.2, 0) is 0 Å². The maximum atomic E-state index is 12.9. The number of halogens is 2. The minimum atomic E-state index is -0.237. The summed E-state index contributed by atoms with van der Waals surface area (Å²) in [5, 5.41) is 0. The highest BCUT2D eigenvalue weighted by molar-refractivity contribution is 9.10. The van der Waals surface area contributed by atoms with Crippen LogP contribution in [0.1, 0.15) is 45.2 Å². The minimum Gasteiger partial charge on any atom is -0.324 e. The van der Waals surface area contributed by atoms with Crippen LogP contribution >= 0.6 is 15.9 Å². The summed E-state index contributed by atoms with van der Waals surface area (Å²) in [7, 11) is 0. The van der Waals surface area contributed by atoms with Crippen LogP contribution in [0.2, 0.25) is 0 Å². The van der Waals surface area contributed by atoms with E-state index in [2.05, 4.69) is 36.7 Å². The molecule has 0 radical (unpaired) electrons. The van der Waals surface area contributed by atoms with Gasteiger partial charge in [-0.2, -0.15) is 0 Å². The molecule has 16 heavy (non-hydrogen) atoms. The molecule has 1 aromatic rings. The maximum absolute atomic E-state index is 12.9. The van der Waals surface area contributed by atoms with E-state index in [1.807, 2.05) is 0 Å². The summed E-state index contributed by atoms with van der Waals surface area (Å²) in [5.41, 5.74) is 7.36. The third-order valence-electron chi connectivity index (χ3n) is 2.57. The first-order valence-electron chi connectivity index (χ1n) is 5.50. The zero-order valence-corrected chi connectivity index (χ0v) is 11.6. The van der Waals surface area contributed by atoms with Crippen molar-refractivity contribution in [2.75, 3.05) is 0 Å². The first kappa shape index (κ1) is 13.7. The lowest BCUT2D eigenvalue weighted by Gasteiger charge is -2.21. The number of rotatable bonds is 3. The summed E-state index contributed by atoms with van der Waals surface area (Å²) < 4.78 is 13.7. The van der Waals surface area contributed by atoms with Gasteiger partial charge in [-0.05, 0) is 36.0 Å². The second kappa shape index (κ2) is 5.28. The minimum absolute atomic E-state index is 0.0331. The first-order chi connectivity index (χ1) is 7.29. The zero-order valence-electron chi connectivity index (χ0n) is 10.1. The number of benzene rings is 1. The van der Waals surface area contributed by atoms with E-state index in [9.17, 15) is 4.39 Å². The first-order valence-corrected chi connectivity index (χ1v) is 6.29. The fraction of sp³-hybridized carbons (Fsp3) is 0.538. The van der Waals surface area contributed by atoms with Crippen molar-refractivity contribution in [2.45, 2.75) is 39.7 Å². The SMILES string of the molecule is CC(C)(C)CCC(N)c1ccc(F)cc1Br. The van der Waals surface area contributed by atoms with Crippen molar-refractivity contribution < 1.29 is 4.39 Å². The van der Waals surface area contributed by atoms with Gasteiger partial charge < -0.3 is 5.73 Å². The molecular weight excluding hydrogens is 269 g/mol. The fourth-order valence-corrected chi connectivity index (χ4v) is 2.19. The van der Waals surface area contributed by atoms with E-state index in [0.717, 1.165) is 22.9 Å². The Kier molecular flexibility index (Phi) is 4.51. The number of hydrogen-bond acceptors (Lipinski definition) is 1. The third-order valence-corrected chi connectivity index (χ3v) is 3.25. The molecule has 0 saturated carbocycles. The topological polar surface area (TPSA) is 26.0 Å². The average molecular weight is 288 g/mol. The Morgan fingerprint density at radius 2 is 2.00 bits per heavy atom. The Hall–Kier alpha value is -0.410. The summed E-state index contributed by atoms with van der Waals surface area (Å²) in [6.07, 6.45) is 1.96. The van der Waals surface area contributed by atoms with Gasteiger partial charge in [0, 0.05) is 10.5 Å². The van der Waals surface area contributed by atoms with E-state index in [-0.39, 0.29) is 17.3 Å². The van der Waals surface area contributed by atoms with Gasteiger partial charge in [0.15, 0.2) is 0 Å². The lowest BCUT2D eigenvalue weighted by Crippen LogP contribution is -2.15. The second-order valence-corrected chi connectivity index (χ2v) is 6.23. The number of nitrogens with two attached hydrogens (primary N) is 1. The van der Waals surface area contributed by atoms with Gasteiger partial charge in [0.25, 0.3) is 0 Å². The predicted octanol–water partition coefficient (Wildman–Crippen LogP) is 4.41. The molecule has 0 saturated heterocycles. The Morgan fingerprint density at radius 1 is 1.38 bits per heavy atom. The molecule has 0 bridgehead atoms. The van der Waals surface area contributed by atoms with Gasteiger partial charge in [0.1, 0.15) is 5.82 Å². The van der Waals surface area contributed by atoms with Crippen LogP contribution in [0.25, 0.3) is 0 Å². The highest BCUT2D eigenvalue weighted by Gasteiger charge is 2.15. The number of hydrogen-bond donors (Lipinski definition) is 1. The van der Waals surface area contributed by atoms with Crippen LogP contribution in [0.4, 0.5) is 4.39 Å². The lowest BCUT2D eigenvalue weighted by atomic mass is 9.87. The quantitative estimate of drug-likeness (QED) is 0.875. The van der Waals surface area contributed by atoms with Gasteiger partial charge in [-0.1, -0.05) is 42.8 Å². The summed E-state index contributed by atoms with van der Waals surface area (Å²) in [6.45, 7) is 6.58. The molecule has 1 atom stereocenters. The largest absolute Gasteiger partial charge is 0.324 e. The van der Waals surface area contributed by atoms with Crippen LogP contribution in [-0.4, -0.2) is 0 Å². The standard InChI is InChI=1S/C13H19BrFN/c1-13(2,3)7-6-12(16)10-5-4-9(15)8-11(10)14/h4-5,8,12H,6-7,16H2,1-3H3. The van der Waals surface area contributed by atoms with E-state index in [1.54, 1.807) is 6.07 Å². The van der Waals surface area contributed by atoms with Crippen molar-refractivity contribution in [3.05, 3.63) is 34.1 Å². The summed E-state index contributed by atoms with van der Waals surface area (Å²) >= 11 is 3.35. The van der Waals surface area contributed by atoms with E-state index >= 15 is 0 Å². The molecule has 2 N–H and O–H groups in total. The molecule has 0 aliphatic heterocycles. The normalized spacial score (nSPS) is 13.9. The van der Waals surface area contributed by atoms with E-state index in [4.69, 9.17) is 5.73 Å². The highest BCUT2D eigenvalue weighted by Crippen LogP contribution is 2.29. The molecule has 1 unspecified atom stereocenters. The van der Waals surface area contributed by atoms with E-state index < -0.39 is 0 Å². The highest BCUT2D eigenvalue weighted by atomic mass is 79.9. The molecule has 0 aromatic heterocycles. The van der Waals surface area contributed by atoms with Gasteiger partial charge in [0.05, 0.1) is 0 Å². The maximum Gasteiger partial charge on any atom is 0.124 e. The van der Waals surface area contributed by atoms with Gasteiger partial charge >= 0.3 is 0 Å². The Bertz CT molecular complexity index is 357. The van der Waals surface area contributed by atoms with Crippen molar-refractivity contribution >= 4 is 15.9 Å². The van der Waals surface area contributed by atoms with Crippen molar-refractivity contribution in [2.24, 2.45) is 11.1 Å². The van der Waals surface area contributed by atoms with Crippen molar-refractivity contribution in [1.29, 1.82) is 0 Å². The van der Waals surface area contributed by atoms with Crippen LogP contribution in [0.3, 0.4) is 0 Å². The monoisotopic (exact) mass is 287 g/mol. The van der Waals surface area contributed by atoms with Gasteiger partial charge in [-0.15, -0.1) is 0 Å². The fourth-order valence-electron chi connectivity index (χ4n) is 1.55. The molecule has 0 spiro atoms. The molecule has 0 fully saturated rings. The molecule has 90 valence electrons. The predicted molar refractivity (Wildman–Crippen MR) is 69.7 cm³/mol. The summed E-state index contributed by atoms with van der Waals surface area (Å²) in [4.78, 5) is 0. The van der Waals surface area contributed by atoms with Gasteiger partial charge in [0.2, 0.25) is 0 Å². The van der Waals surface area contributed by atoms with E-state index in [0.29, 0.717) is 0 Å². The molecule has 0 heterocycles. The molecule has 3 heteroatoms. The van der Waals surface area contributed by atoms with Gasteiger partial charge in [-0.25, -0.2) is 4.39 Å². The van der Waals surface area contributed by atoms with Crippen LogP contribution in [0.15, 0.2) is 22.7 Å². The average Bonchev–Trinajstić information content (AvgIpc) is 2.13. The molecule has 0 aliphatic rings. The lowest BCUT2D eigenvalue weighted by molar-refractivity contribution is 0.349. The zero-order chi connectivity index (χ0) is 12.3. The van der Waals surface area contributed by atoms with E-state index in [1.165, 1.54) is 12.1 Å². The van der Waals surface area contributed by atoms with Crippen molar-refractivity contribution in [1.82, 2.24) is 0 Å². The second-order valence-electron chi connectivity index (χ2n) is 5.37. The van der Waals surface area contributed by atoms with Crippen LogP contribution < -0.4 is 5.73 Å². The molecule has 1 aromatic carbocycles. The third kappa shape index (κ3) is 4.22. The molecule has 1 nitrogen and oxygen atoms in total. The molecule has 0 aliphatic carbocycles. The summed E-state index contributed by atoms with van der Waals surface area (Å²) in [5.74, 6) is -0.237. The van der Waals surface area contributed by atoms with Gasteiger partial charge in [-0.3, -0.25) is 0 Å². The summed E-state index contributed by atoms with van der Waals surface area (Å²) in [6, 6.07) is 4.64. The van der Waals surface area contributed by atoms with Crippen molar-refractivity contribution in [3.8, 4) is 0 Å².